The third kappa shape index (κ3) is 3.89. The lowest BCUT2D eigenvalue weighted by atomic mass is 9.93. The SMILES string of the molecule is CCCCCC(=O)C(C#N)c1ccc(OC)cc1. The van der Waals surface area contributed by atoms with Gasteiger partial charge in [0.15, 0.2) is 5.78 Å². The molecule has 1 aromatic rings. The van der Waals surface area contributed by atoms with Gasteiger partial charge < -0.3 is 4.74 Å². The molecule has 96 valence electrons. The van der Waals surface area contributed by atoms with Crippen LogP contribution in [0.4, 0.5) is 0 Å². The second-order valence-electron chi connectivity index (χ2n) is 4.26. The molecule has 0 saturated heterocycles. The van der Waals surface area contributed by atoms with Crippen molar-refractivity contribution in [3.05, 3.63) is 29.8 Å². The molecule has 0 radical (unpaired) electrons. The fourth-order valence-electron chi connectivity index (χ4n) is 1.82. The van der Waals surface area contributed by atoms with E-state index in [1.54, 1.807) is 31.4 Å². The quantitative estimate of drug-likeness (QED) is 0.691. The minimum Gasteiger partial charge on any atom is -0.497 e. The Kier molecular flexibility index (Phi) is 5.93. The first-order chi connectivity index (χ1) is 8.72. The highest BCUT2D eigenvalue weighted by Gasteiger charge is 2.19. The highest BCUT2D eigenvalue weighted by molar-refractivity contribution is 5.88. The average molecular weight is 245 g/mol. The van der Waals surface area contributed by atoms with Crippen molar-refractivity contribution in [2.45, 2.75) is 38.5 Å². The summed E-state index contributed by atoms with van der Waals surface area (Å²) in [4.78, 5) is 12.0. The first kappa shape index (κ1) is 14.2. The standard InChI is InChI=1S/C15H19NO2/c1-3-4-5-6-15(17)14(11-16)12-7-9-13(18-2)10-8-12/h7-10,14H,3-6H2,1-2H3. The van der Waals surface area contributed by atoms with Crippen molar-refractivity contribution in [2.75, 3.05) is 7.11 Å². The largest absolute Gasteiger partial charge is 0.497 e. The average Bonchev–Trinajstić information content (AvgIpc) is 2.41. The molecule has 0 aliphatic carbocycles. The summed E-state index contributed by atoms with van der Waals surface area (Å²) in [5.74, 6) is 0.0951. The topological polar surface area (TPSA) is 50.1 Å². The zero-order valence-corrected chi connectivity index (χ0v) is 11.0. The van der Waals surface area contributed by atoms with E-state index < -0.39 is 5.92 Å². The monoisotopic (exact) mass is 245 g/mol. The number of ketones is 1. The first-order valence-electron chi connectivity index (χ1n) is 6.29. The van der Waals surface area contributed by atoms with Crippen LogP contribution in [0.5, 0.6) is 5.75 Å². The molecule has 3 heteroatoms. The Morgan fingerprint density at radius 2 is 2.00 bits per heavy atom. The lowest BCUT2D eigenvalue weighted by Crippen LogP contribution is -2.10. The number of unbranched alkanes of at least 4 members (excludes halogenated alkanes) is 2. The molecule has 0 aliphatic heterocycles. The number of carbonyl (C=O) groups is 1. The summed E-state index contributed by atoms with van der Waals surface area (Å²) in [6, 6.07) is 9.21. The van der Waals surface area contributed by atoms with E-state index >= 15 is 0 Å². The molecule has 0 bridgehead atoms. The predicted molar refractivity (Wildman–Crippen MR) is 70.5 cm³/mol. The molecule has 1 unspecified atom stereocenters. The van der Waals surface area contributed by atoms with Crippen LogP contribution in [-0.2, 0) is 4.79 Å². The molecule has 0 aliphatic rings. The van der Waals surface area contributed by atoms with E-state index in [4.69, 9.17) is 10.00 Å². The molecule has 1 rings (SSSR count). The van der Waals surface area contributed by atoms with Crippen LogP contribution in [-0.4, -0.2) is 12.9 Å². The van der Waals surface area contributed by atoms with Crippen molar-refractivity contribution in [3.63, 3.8) is 0 Å². The molecular weight excluding hydrogens is 226 g/mol. The van der Waals surface area contributed by atoms with Gasteiger partial charge in [-0.05, 0) is 24.1 Å². The summed E-state index contributed by atoms with van der Waals surface area (Å²) in [7, 11) is 1.59. The molecule has 0 fully saturated rings. The third-order valence-corrected chi connectivity index (χ3v) is 2.93. The summed E-state index contributed by atoms with van der Waals surface area (Å²) >= 11 is 0. The van der Waals surface area contributed by atoms with Crippen LogP contribution in [0.1, 0.15) is 44.1 Å². The second-order valence-corrected chi connectivity index (χ2v) is 4.26. The number of ether oxygens (including phenoxy) is 1. The summed E-state index contributed by atoms with van der Waals surface area (Å²) in [5.41, 5.74) is 0.750. The molecule has 1 atom stereocenters. The van der Waals surface area contributed by atoms with E-state index in [1.807, 2.05) is 0 Å². The highest BCUT2D eigenvalue weighted by atomic mass is 16.5. The molecule has 3 nitrogen and oxygen atoms in total. The number of hydrogen-bond acceptors (Lipinski definition) is 3. The van der Waals surface area contributed by atoms with Gasteiger partial charge in [0, 0.05) is 6.42 Å². The van der Waals surface area contributed by atoms with Crippen LogP contribution in [0.3, 0.4) is 0 Å². The lowest BCUT2D eigenvalue weighted by molar-refractivity contribution is -0.119. The van der Waals surface area contributed by atoms with Crippen LogP contribution in [0, 0.1) is 11.3 Å². The summed E-state index contributed by atoms with van der Waals surface area (Å²) < 4.78 is 5.05. The Labute approximate surface area is 108 Å². The summed E-state index contributed by atoms with van der Waals surface area (Å²) in [5, 5.41) is 9.13. The van der Waals surface area contributed by atoms with Gasteiger partial charge in [-0.1, -0.05) is 31.9 Å². The molecule has 0 aromatic heterocycles. The number of nitrogens with zero attached hydrogens (tertiary/aromatic N) is 1. The van der Waals surface area contributed by atoms with Crippen molar-refractivity contribution in [1.29, 1.82) is 5.26 Å². The van der Waals surface area contributed by atoms with Crippen molar-refractivity contribution >= 4 is 5.78 Å². The molecule has 1 aromatic carbocycles. The van der Waals surface area contributed by atoms with Crippen molar-refractivity contribution in [3.8, 4) is 11.8 Å². The Hall–Kier alpha value is -1.82. The Morgan fingerprint density at radius 1 is 1.33 bits per heavy atom. The van der Waals surface area contributed by atoms with E-state index in [0.717, 1.165) is 30.6 Å². The molecule has 0 amide bonds. The van der Waals surface area contributed by atoms with Crippen LogP contribution in [0.15, 0.2) is 24.3 Å². The Bertz CT molecular complexity index is 417. The minimum absolute atomic E-state index is 0.0103. The third-order valence-electron chi connectivity index (χ3n) is 2.93. The van der Waals surface area contributed by atoms with Gasteiger partial charge in [-0.25, -0.2) is 0 Å². The maximum atomic E-state index is 12.0. The number of rotatable bonds is 7. The number of hydrogen-bond donors (Lipinski definition) is 0. The molecular formula is C15H19NO2. The highest BCUT2D eigenvalue weighted by Crippen LogP contribution is 2.21. The number of Topliss-reactive ketones (excluding diaryl/α,β-unsaturated/α-hetero) is 1. The van der Waals surface area contributed by atoms with E-state index in [0.29, 0.717) is 6.42 Å². The number of benzene rings is 1. The number of carbonyl (C=O) groups excluding carboxylic acids is 1. The summed E-state index contributed by atoms with van der Waals surface area (Å²) in [6.45, 7) is 2.09. The van der Waals surface area contributed by atoms with E-state index in [2.05, 4.69) is 13.0 Å². The minimum atomic E-state index is -0.646. The zero-order valence-electron chi connectivity index (χ0n) is 11.0. The van der Waals surface area contributed by atoms with Crippen LogP contribution in [0.25, 0.3) is 0 Å². The van der Waals surface area contributed by atoms with Crippen molar-refractivity contribution < 1.29 is 9.53 Å². The van der Waals surface area contributed by atoms with Crippen molar-refractivity contribution in [2.24, 2.45) is 0 Å². The predicted octanol–water partition coefficient (Wildman–Crippen LogP) is 3.45. The van der Waals surface area contributed by atoms with Crippen LogP contribution < -0.4 is 4.74 Å². The molecule has 0 N–H and O–H groups in total. The normalized spacial score (nSPS) is 11.6. The number of nitriles is 1. The molecule has 0 spiro atoms. The van der Waals surface area contributed by atoms with E-state index in [-0.39, 0.29) is 5.78 Å². The molecule has 0 heterocycles. The maximum Gasteiger partial charge on any atom is 0.154 e. The van der Waals surface area contributed by atoms with Gasteiger partial charge in [-0.3, -0.25) is 4.79 Å². The smallest absolute Gasteiger partial charge is 0.154 e. The fraction of sp³-hybridized carbons (Fsp3) is 0.467. The fourth-order valence-corrected chi connectivity index (χ4v) is 1.82. The molecule has 0 saturated carbocycles. The van der Waals surface area contributed by atoms with Gasteiger partial charge in [0.1, 0.15) is 11.7 Å². The lowest BCUT2D eigenvalue weighted by Gasteiger charge is -2.09. The summed E-state index contributed by atoms with van der Waals surface area (Å²) in [6.07, 6.45) is 3.46. The zero-order chi connectivity index (χ0) is 13.4. The maximum absolute atomic E-state index is 12.0. The number of methoxy groups -OCH3 is 1. The second kappa shape index (κ2) is 7.50. The Morgan fingerprint density at radius 3 is 2.50 bits per heavy atom. The first-order valence-corrected chi connectivity index (χ1v) is 6.29. The van der Waals surface area contributed by atoms with Crippen LogP contribution >= 0.6 is 0 Å². The van der Waals surface area contributed by atoms with Gasteiger partial charge >= 0.3 is 0 Å². The van der Waals surface area contributed by atoms with Gasteiger partial charge in [0.25, 0.3) is 0 Å². The van der Waals surface area contributed by atoms with E-state index in [9.17, 15) is 4.79 Å². The van der Waals surface area contributed by atoms with Gasteiger partial charge in [-0.2, -0.15) is 5.26 Å². The van der Waals surface area contributed by atoms with E-state index in [1.165, 1.54) is 0 Å². The molecule has 18 heavy (non-hydrogen) atoms. The van der Waals surface area contributed by atoms with Gasteiger partial charge in [-0.15, -0.1) is 0 Å². The van der Waals surface area contributed by atoms with Gasteiger partial charge in [0.2, 0.25) is 0 Å². The van der Waals surface area contributed by atoms with Crippen LogP contribution in [0.2, 0.25) is 0 Å². The van der Waals surface area contributed by atoms with Crippen molar-refractivity contribution in [1.82, 2.24) is 0 Å². The Balaban J connectivity index is 2.70. The van der Waals surface area contributed by atoms with Gasteiger partial charge in [0.05, 0.1) is 13.2 Å².